The summed E-state index contributed by atoms with van der Waals surface area (Å²) in [6.45, 7) is 3.61. The zero-order valence-electron chi connectivity index (χ0n) is 10.8. The molecule has 1 saturated heterocycles. The molecule has 1 fully saturated rings. The summed E-state index contributed by atoms with van der Waals surface area (Å²) in [5.74, 6) is -0.705. The first kappa shape index (κ1) is 13.8. The van der Waals surface area contributed by atoms with E-state index < -0.39 is 5.92 Å². The van der Waals surface area contributed by atoms with Crippen molar-refractivity contribution in [3.63, 3.8) is 0 Å². The first-order chi connectivity index (χ1) is 7.97. The molecule has 6 nitrogen and oxygen atoms in total. The lowest BCUT2D eigenvalue weighted by atomic mass is 10.0. The fraction of sp³-hybridized carbons (Fsp3) is 0.818. The van der Waals surface area contributed by atoms with Crippen LogP contribution in [0.4, 0.5) is 0 Å². The fourth-order valence-corrected chi connectivity index (χ4v) is 2.15. The van der Waals surface area contributed by atoms with Gasteiger partial charge in [-0.25, -0.2) is 0 Å². The van der Waals surface area contributed by atoms with Crippen LogP contribution < -0.4 is 5.73 Å². The maximum absolute atomic E-state index is 12.1. The number of rotatable bonds is 3. The van der Waals surface area contributed by atoms with Gasteiger partial charge in [-0.3, -0.25) is 4.79 Å². The molecule has 0 bridgehead atoms. The van der Waals surface area contributed by atoms with E-state index in [1.165, 1.54) is 0 Å². The molecule has 0 aromatic heterocycles. The van der Waals surface area contributed by atoms with Crippen LogP contribution in [-0.2, 0) is 4.79 Å². The minimum Gasteiger partial charge on any atom is -0.409 e. The lowest BCUT2D eigenvalue weighted by Gasteiger charge is -2.36. The molecule has 6 heteroatoms. The van der Waals surface area contributed by atoms with Gasteiger partial charge in [0.2, 0.25) is 5.91 Å². The Bertz CT molecular complexity index is 306. The number of carbonyl (C=O) groups excluding carboxylic acids is 1. The molecule has 0 radical (unpaired) electrons. The summed E-state index contributed by atoms with van der Waals surface area (Å²) >= 11 is 0. The second-order valence-corrected chi connectivity index (χ2v) is 4.75. The molecule has 3 N–H and O–H groups in total. The average molecular weight is 242 g/mol. The van der Waals surface area contributed by atoms with Gasteiger partial charge in [0.15, 0.2) is 5.84 Å². The van der Waals surface area contributed by atoms with Crippen molar-refractivity contribution in [2.24, 2.45) is 16.8 Å². The third-order valence-corrected chi connectivity index (χ3v) is 3.42. The third-order valence-electron chi connectivity index (χ3n) is 3.42. The minimum absolute atomic E-state index is 0.0361. The minimum atomic E-state index is -0.572. The Morgan fingerprint density at radius 2 is 2.29 bits per heavy atom. The van der Waals surface area contributed by atoms with Gasteiger partial charge in [0.25, 0.3) is 0 Å². The molecule has 2 atom stereocenters. The maximum atomic E-state index is 12.1. The van der Waals surface area contributed by atoms with Crippen LogP contribution in [-0.4, -0.2) is 60.0 Å². The number of carbonyl (C=O) groups is 1. The molecule has 0 aliphatic carbocycles. The largest absolute Gasteiger partial charge is 0.409 e. The smallest absolute Gasteiger partial charge is 0.233 e. The molecule has 0 saturated carbocycles. The molecule has 2 unspecified atom stereocenters. The molecule has 17 heavy (non-hydrogen) atoms. The van der Waals surface area contributed by atoms with Gasteiger partial charge >= 0.3 is 0 Å². The number of nitrogens with two attached hydrogens (primary N) is 1. The Labute approximate surface area is 102 Å². The van der Waals surface area contributed by atoms with E-state index >= 15 is 0 Å². The molecule has 0 aromatic rings. The van der Waals surface area contributed by atoms with Crippen molar-refractivity contribution in [2.75, 3.05) is 27.2 Å². The van der Waals surface area contributed by atoms with Gasteiger partial charge < -0.3 is 20.7 Å². The molecule has 0 spiro atoms. The first-order valence-corrected chi connectivity index (χ1v) is 5.90. The van der Waals surface area contributed by atoms with Crippen molar-refractivity contribution < 1.29 is 10.0 Å². The van der Waals surface area contributed by atoms with Crippen LogP contribution in [0.1, 0.15) is 19.8 Å². The summed E-state index contributed by atoms with van der Waals surface area (Å²) < 4.78 is 0. The molecular formula is C11H22N4O2. The second kappa shape index (κ2) is 5.86. The van der Waals surface area contributed by atoms with E-state index in [4.69, 9.17) is 10.9 Å². The zero-order chi connectivity index (χ0) is 13.0. The standard InChI is InChI=1S/C11H22N4O2/c1-8(10(12)13-17)11(16)15(3)9-5-4-6-14(2)7-9/h8-9,17H,4-7H2,1-3H3,(H2,12,13). The predicted molar refractivity (Wildman–Crippen MR) is 65.9 cm³/mol. The van der Waals surface area contributed by atoms with Gasteiger partial charge in [0.05, 0.1) is 5.92 Å². The van der Waals surface area contributed by atoms with Crippen molar-refractivity contribution in [3.05, 3.63) is 0 Å². The van der Waals surface area contributed by atoms with Gasteiger partial charge in [0, 0.05) is 19.6 Å². The van der Waals surface area contributed by atoms with Crippen molar-refractivity contribution in [1.29, 1.82) is 0 Å². The molecule has 0 aromatic carbocycles. The summed E-state index contributed by atoms with van der Waals surface area (Å²) in [6, 6.07) is 0.218. The number of oxime groups is 1. The van der Waals surface area contributed by atoms with E-state index in [-0.39, 0.29) is 17.8 Å². The molecule has 1 heterocycles. The topological polar surface area (TPSA) is 82.2 Å². The Morgan fingerprint density at radius 3 is 2.82 bits per heavy atom. The van der Waals surface area contributed by atoms with E-state index in [0.717, 1.165) is 25.9 Å². The van der Waals surface area contributed by atoms with Gasteiger partial charge in [-0.05, 0) is 33.4 Å². The quantitative estimate of drug-likeness (QED) is 0.314. The summed E-state index contributed by atoms with van der Waals surface area (Å²) in [4.78, 5) is 16.0. The third kappa shape index (κ3) is 3.33. The van der Waals surface area contributed by atoms with E-state index in [1.807, 2.05) is 0 Å². The number of hydrogen-bond acceptors (Lipinski definition) is 4. The summed E-state index contributed by atoms with van der Waals surface area (Å²) in [5, 5.41) is 11.5. The monoisotopic (exact) mass is 242 g/mol. The summed E-state index contributed by atoms with van der Waals surface area (Å²) in [6.07, 6.45) is 2.10. The lowest BCUT2D eigenvalue weighted by molar-refractivity contribution is -0.134. The Balaban J connectivity index is 2.62. The molecule has 1 aliphatic heterocycles. The molecule has 98 valence electrons. The van der Waals surface area contributed by atoms with Crippen molar-refractivity contribution in [3.8, 4) is 0 Å². The van der Waals surface area contributed by atoms with E-state index in [1.54, 1.807) is 18.9 Å². The van der Waals surface area contributed by atoms with E-state index in [2.05, 4.69) is 17.1 Å². The van der Waals surface area contributed by atoms with E-state index in [0.29, 0.717) is 0 Å². The number of nitrogens with zero attached hydrogens (tertiary/aromatic N) is 3. The van der Waals surface area contributed by atoms with Crippen molar-refractivity contribution in [2.45, 2.75) is 25.8 Å². The number of amidine groups is 1. The van der Waals surface area contributed by atoms with Gasteiger partial charge in [-0.15, -0.1) is 0 Å². The van der Waals surface area contributed by atoms with Crippen LogP contribution in [0.25, 0.3) is 0 Å². The zero-order valence-corrected chi connectivity index (χ0v) is 10.8. The number of amides is 1. The van der Waals surface area contributed by atoms with Crippen molar-refractivity contribution >= 4 is 11.7 Å². The highest BCUT2D eigenvalue weighted by Gasteiger charge is 2.28. The predicted octanol–water partition coefficient (Wildman–Crippen LogP) is -0.0785. The average Bonchev–Trinajstić information content (AvgIpc) is 2.35. The Kier molecular flexibility index (Phi) is 4.74. The van der Waals surface area contributed by atoms with Gasteiger partial charge in [-0.1, -0.05) is 5.16 Å². The van der Waals surface area contributed by atoms with Gasteiger partial charge in [0.1, 0.15) is 0 Å². The number of likely N-dealkylation sites (N-methyl/N-ethyl adjacent to an activating group) is 2. The summed E-state index contributed by atoms with van der Waals surface area (Å²) in [7, 11) is 3.84. The molecule has 1 aliphatic rings. The highest BCUT2D eigenvalue weighted by Crippen LogP contribution is 2.15. The van der Waals surface area contributed by atoms with Crippen LogP contribution in [0.2, 0.25) is 0 Å². The first-order valence-electron chi connectivity index (χ1n) is 5.90. The van der Waals surface area contributed by atoms with Crippen LogP contribution in [0, 0.1) is 5.92 Å². The molecular weight excluding hydrogens is 220 g/mol. The maximum Gasteiger partial charge on any atom is 0.233 e. The van der Waals surface area contributed by atoms with Crippen LogP contribution in [0.5, 0.6) is 0 Å². The highest BCUT2D eigenvalue weighted by molar-refractivity contribution is 6.01. The Hall–Kier alpha value is -1.30. The van der Waals surface area contributed by atoms with Crippen molar-refractivity contribution in [1.82, 2.24) is 9.80 Å². The molecule has 1 amide bonds. The second-order valence-electron chi connectivity index (χ2n) is 4.75. The normalized spacial score (nSPS) is 24.4. The van der Waals surface area contributed by atoms with Crippen LogP contribution >= 0.6 is 0 Å². The number of likely N-dealkylation sites (tertiary alicyclic amines) is 1. The SMILES string of the molecule is CC(C(=O)N(C)C1CCCN(C)C1)C(N)=NO. The van der Waals surface area contributed by atoms with Crippen LogP contribution in [0.3, 0.4) is 0 Å². The highest BCUT2D eigenvalue weighted by atomic mass is 16.4. The fourth-order valence-electron chi connectivity index (χ4n) is 2.15. The van der Waals surface area contributed by atoms with Crippen LogP contribution in [0.15, 0.2) is 5.16 Å². The number of hydrogen-bond donors (Lipinski definition) is 2. The lowest BCUT2D eigenvalue weighted by Crippen LogP contribution is -2.50. The Morgan fingerprint density at radius 1 is 1.65 bits per heavy atom. The van der Waals surface area contributed by atoms with Gasteiger partial charge in [-0.2, -0.15) is 0 Å². The molecule has 1 rings (SSSR count). The van der Waals surface area contributed by atoms with E-state index in [9.17, 15) is 4.79 Å². The summed E-state index contributed by atoms with van der Waals surface area (Å²) in [5.41, 5.74) is 5.45. The number of piperidine rings is 1.